The Bertz CT molecular complexity index is 956. The molecule has 0 heterocycles. The van der Waals surface area contributed by atoms with Gasteiger partial charge in [0.1, 0.15) is 5.75 Å². The van der Waals surface area contributed by atoms with Gasteiger partial charge < -0.3 is 15.5 Å². The van der Waals surface area contributed by atoms with Crippen molar-refractivity contribution in [2.45, 2.75) is 39.5 Å². The molecule has 1 unspecified atom stereocenters. The SMILES string of the molecule is C/C(NC(=O)CCC1=C[C@H](C)C(c2ccc(O)cc2Cl)C=C1)=C(\C=C(/C)Cl)C(=O)O. The van der Waals surface area contributed by atoms with Gasteiger partial charge in [-0.1, -0.05) is 60.0 Å². The Morgan fingerprint density at radius 3 is 2.53 bits per heavy atom. The zero-order valence-electron chi connectivity index (χ0n) is 17.1. The quantitative estimate of drug-likeness (QED) is 0.370. The molecule has 1 aliphatic carbocycles. The van der Waals surface area contributed by atoms with Crippen molar-refractivity contribution in [3.05, 3.63) is 75.0 Å². The number of phenols is 1. The van der Waals surface area contributed by atoms with E-state index < -0.39 is 5.97 Å². The number of amides is 1. The molecule has 1 aromatic carbocycles. The third-order valence-corrected chi connectivity index (χ3v) is 5.29. The second-order valence-corrected chi connectivity index (χ2v) is 8.32. The molecule has 1 aliphatic rings. The highest BCUT2D eigenvalue weighted by Gasteiger charge is 2.21. The number of phenolic OH excluding ortho intramolecular Hbond substituents is 1. The largest absolute Gasteiger partial charge is 0.508 e. The standard InChI is InChI=1S/C23H25Cl2NO4/c1-13-10-16(4-7-18(13)19-8-6-17(27)12-21(19)25)5-9-22(28)26-15(3)20(23(29)30)11-14(2)24/h4,6-8,10-13,18,27H,5,9H2,1-3H3,(H,26,28)(H,29,30)/b14-11+,20-15-/t13-,18?/m0/s1. The van der Waals surface area contributed by atoms with Crippen molar-refractivity contribution < 1.29 is 19.8 Å². The first kappa shape index (κ1) is 23.8. The van der Waals surface area contributed by atoms with E-state index in [1.165, 1.54) is 19.1 Å². The van der Waals surface area contributed by atoms with E-state index in [1.807, 2.05) is 12.1 Å². The van der Waals surface area contributed by atoms with Crippen molar-refractivity contribution in [2.24, 2.45) is 5.92 Å². The Morgan fingerprint density at radius 2 is 1.97 bits per heavy atom. The zero-order valence-corrected chi connectivity index (χ0v) is 18.6. The van der Waals surface area contributed by atoms with Gasteiger partial charge in [0.25, 0.3) is 0 Å². The smallest absolute Gasteiger partial charge is 0.337 e. The molecule has 0 saturated heterocycles. The van der Waals surface area contributed by atoms with Crippen molar-refractivity contribution in [1.82, 2.24) is 5.32 Å². The van der Waals surface area contributed by atoms with E-state index >= 15 is 0 Å². The van der Waals surface area contributed by atoms with Gasteiger partial charge in [-0.2, -0.15) is 0 Å². The third kappa shape index (κ3) is 6.51. The minimum atomic E-state index is -1.15. The Morgan fingerprint density at radius 1 is 1.27 bits per heavy atom. The second-order valence-electron chi connectivity index (χ2n) is 7.31. The molecular weight excluding hydrogens is 425 g/mol. The molecule has 2 rings (SSSR count). The van der Waals surface area contributed by atoms with Crippen molar-refractivity contribution in [3.8, 4) is 5.75 Å². The molecule has 0 fully saturated rings. The van der Waals surface area contributed by atoms with Crippen LogP contribution in [0.5, 0.6) is 5.75 Å². The highest BCUT2D eigenvalue weighted by Crippen LogP contribution is 2.37. The number of carboxylic acid groups (broad SMARTS) is 1. The maximum absolute atomic E-state index is 12.3. The maximum Gasteiger partial charge on any atom is 0.337 e. The topological polar surface area (TPSA) is 86.6 Å². The Balaban J connectivity index is 2.00. The van der Waals surface area contributed by atoms with Crippen LogP contribution in [0.2, 0.25) is 5.02 Å². The lowest BCUT2D eigenvalue weighted by Gasteiger charge is -2.24. The number of carbonyl (C=O) groups is 2. The summed E-state index contributed by atoms with van der Waals surface area (Å²) in [6, 6.07) is 4.97. The number of allylic oxidation sites excluding steroid dienone is 6. The molecule has 1 aromatic rings. The molecule has 0 bridgehead atoms. The van der Waals surface area contributed by atoms with Gasteiger partial charge in [-0.25, -0.2) is 4.79 Å². The number of hydrogen-bond acceptors (Lipinski definition) is 3. The van der Waals surface area contributed by atoms with E-state index in [1.54, 1.807) is 13.0 Å². The molecule has 160 valence electrons. The van der Waals surface area contributed by atoms with Crippen molar-refractivity contribution in [1.29, 1.82) is 0 Å². The number of aliphatic carboxylic acids is 1. The summed E-state index contributed by atoms with van der Waals surface area (Å²) in [5.74, 6) is -1.03. The molecule has 2 atom stereocenters. The normalized spacial score (nSPS) is 19.8. The first-order valence-corrected chi connectivity index (χ1v) is 10.3. The van der Waals surface area contributed by atoms with E-state index in [0.29, 0.717) is 16.5 Å². The number of halogens is 2. The second kappa shape index (κ2) is 10.5. The van der Waals surface area contributed by atoms with Crippen LogP contribution in [0.3, 0.4) is 0 Å². The predicted octanol–water partition coefficient (Wildman–Crippen LogP) is 5.66. The van der Waals surface area contributed by atoms with Crippen LogP contribution in [0.4, 0.5) is 0 Å². The van der Waals surface area contributed by atoms with Crippen LogP contribution in [0.15, 0.2) is 64.4 Å². The average molecular weight is 450 g/mol. The van der Waals surface area contributed by atoms with Crippen LogP contribution >= 0.6 is 23.2 Å². The number of carboxylic acids is 1. The van der Waals surface area contributed by atoms with E-state index in [4.69, 9.17) is 23.2 Å². The molecule has 0 radical (unpaired) electrons. The number of nitrogens with one attached hydrogen (secondary N) is 1. The maximum atomic E-state index is 12.3. The molecule has 5 nitrogen and oxygen atoms in total. The predicted molar refractivity (Wildman–Crippen MR) is 120 cm³/mol. The van der Waals surface area contributed by atoms with Gasteiger partial charge in [0.15, 0.2) is 0 Å². The van der Waals surface area contributed by atoms with Crippen LogP contribution in [0.25, 0.3) is 0 Å². The zero-order chi connectivity index (χ0) is 22.4. The summed E-state index contributed by atoms with van der Waals surface area (Å²) in [6.07, 6.45) is 8.20. The third-order valence-electron chi connectivity index (χ3n) is 4.85. The monoisotopic (exact) mass is 449 g/mol. The van der Waals surface area contributed by atoms with Crippen molar-refractivity contribution in [3.63, 3.8) is 0 Å². The first-order valence-electron chi connectivity index (χ1n) is 9.53. The highest BCUT2D eigenvalue weighted by molar-refractivity contribution is 6.31. The minimum absolute atomic E-state index is 0.0464. The number of benzene rings is 1. The van der Waals surface area contributed by atoms with E-state index in [-0.39, 0.29) is 41.2 Å². The summed E-state index contributed by atoms with van der Waals surface area (Å²) < 4.78 is 0. The van der Waals surface area contributed by atoms with Crippen LogP contribution in [-0.4, -0.2) is 22.1 Å². The lowest BCUT2D eigenvalue weighted by Crippen LogP contribution is -2.23. The molecule has 30 heavy (non-hydrogen) atoms. The summed E-state index contributed by atoms with van der Waals surface area (Å²) in [6.45, 7) is 5.18. The molecule has 0 aliphatic heterocycles. The van der Waals surface area contributed by atoms with E-state index in [2.05, 4.69) is 24.4 Å². The average Bonchev–Trinajstić information content (AvgIpc) is 2.64. The minimum Gasteiger partial charge on any atom is -0.508 e. The summed E-state index contributed by atoms with van der Waals surface area (Å²) in [7, 11) is 0. The van der Waals surface area contributed by atoms with E-state index in [0.717, 1.165) is 11.1 Å². The molecule has 1 amide bonds. The summed E-state index contributed by atoms with van der Waals surface area (Å²) in [5.41, 5.74) is 2.17. The summed E-state index contributed by atoms with van der Waals surface area (Å²) in [4.78, 5) is 23.6. The lowest BCUT2D eigenvalue weighted by atomic mass is 9.81. The van der Waals surface area contributed by atoms with Gasteiger partial charge in [-0.05, 0) is 50.0 Å². The van der Waals surface area contributed by atoms with Crippen LogP contribution in [0, 0.1) is 5.92 Å². The molecule has 3 N–H and O–H groups in total. The lowest BCUT2D eigenvalue weighted by molar-refractivity contribution is -0.132. The number of hydrogen-bond donors (Lipinski definition) is 3. The van der Waals surface area contributed by atoms with Gasteiger partial charge in [0.2, 0.25) is 5.91 Å². The van der Waals surface area contributed by atoms with E-state index in [9.17, 15) is 19.8 Å². The van der Waals surface area contributed by atoms with Gasteiger partial charge in [-0.3, -0.25) is 4.79 Å². The molecular formula is C23H25Cl2NO4. The van der Waals surface area contributed by atoms with Gasteiger partial charge >= 0.3 is 5.97 Å². The fourth-order valence-corrected chi connectivity index (χ4v) is 3.78. The highest BCUT2D eigenvalue weighted by atomic mass is 35.5. The fourth-order valence-electron chi connectivity index (χ4n) is 3.37. The first-order chi connectivity index (χ1) is 14.1. The number of rotatable bonds is 7. The number of aromatic hydroxyl groups is 1. The summed E-state index contributed by atoms with van der Waals surface area (Å²) in [5, 5.41) is 22.3. The molecule has 0 aromatic heterocycles. The summed E-state index contributed by atoms with van der Waals surface area (Å²) >= 11 is 12.0. The Labute approximate surface area is 186 Å². The molecule has 7 heteroatoms. The van der Waals surface area contributed by atoms with Crippen LogP contribution in [-0.2, 0) is 9.59 Å². The van der Waals surface area contributed by atoms with Crippen LogP contribution in [0.1, 0.15) is 45.1 Å². The van der Waals surface area contributed by atoms with Gasteiger partial charge in [-0.15, -0.1) is 0 Å². The number of carbonyl (C=O) groups excluding carboxylic acids is 1. The van der Waals surface area contributed by atoms with Gasteiger partial charge in [0, 0.05) is 28.1 Å². The van der Waals surface area contributed by atoms with Gasteiger partial charge in [0.05, 0.1) is 5.57 Å². The van der Waals surface area contributed by atoms with Crippen LogP contribution < -0.4 is 5.32 Å². The Kier molecular flexibility index (Phi) is 8.33. The molecule has 0 spiro atoms. The van der Waals surface area contributed by atoms with Crippen molar-refractivity contribution >= 4 is 35.1 Å². The molecule has 0 saturated carbocycles. The van der Waals surface area contributed by atoms with Crippen molar-refractivity contribution in [2.75, 3.05) is 0 Å². The fraction of sp³-hybridized carbons (Fsp3) is 0.304. The Hall–Kier alpha value is -2.50.